The van der Waals surface area contributed by atoms with Crippen molar-refractivity contribution in [3.8, 4) is 11.5 Å². The van der Waals surface area contributed by atoms with Crippen molar-refractivity contribution < 1.29 is 14.3 Å². The molecule has 206 valence electrons. The number of fused-ring (bicyclic) bond motifs is 2. The Morgan fingerprint density at radius 1 is 0.927 bits per heavy atom. The number of amidine groups is 2. The average Bonchev–Trinajstić information content (AvgIpc) is 3.50. The molecule has 9 heteroatoms. The van der Waals surface area contributed by atoms with E-state index in [2.05, 4.69) is 46.7 Å². The maximum absolute atomic E-state index is 13.1. The highest BCUT2D eigenvalue weighted by atomic mass is 32.2. The van der Waals surface area contributed by atoms with Crippen molar-refractivity contribution in [3.63, 3.8) is 0 Å². The summed E-state index contributed by atoms with van der Waals surface area (Å²) >= 11 is 1.24. The largest absolute Gasteiger partial charge is 0.492 e. The number of nitrogens with zero attached hydrogens (tertiary/aromatic N) is 4. The first-order valence-electron chi connectivity index (χ1n) is 13.3. The zero-order chi connectivity index (χ0) is 28.5. The smallest absolute Gasteiger partial charge is 0.283 e. The molecule has 0 spiro atoms. The zero-order valence-electron chi connectivity index (χ0n) is 23.0. The van der Waals surface area contributed by atoms with Gasteiger partial charge in [0.25, 0.3) is 5.91 Å². The lowest BCUT2D eigenvalue weighted by atomic mass is 10.1. The van der Waals surface area contributed by atoms with Crippen LogP contribution in [-0.4, -0.2) is 44.7 Å². The molecular formula is C32H29N5O3S. The number of amides is 1. The fourth-order valence-electron chi connectivity index (χ4n) is 4.88. The molecule has 1 amide bonds. The number of hydrazone groups is 1. The number of aryl methyl sites for hydroxylation is 2. The van der Waals surface area contributed by atoms with Gasteiger partial charge in [-0.25, -0.2) is 0 Å². The summed E-state index contributed by atoms with van der Waals surface area (Å²) in [6.45, 7) is 7.54. The van der Waals surface area contributed by atoms with Gasteiger partial charge >= 0.3 is 0 Å². The first-order chi connectivity index (χ1) is 19.9. The molecule has 0 atom stereocenters. The summed E-state index contributed by atoms with van der Waals surface area (Å²) in [4.78, 5) is 17.4. The number of aliphatic imine (C=N–C) groups is 1. The Bertz CT molecular complexity index is 1770. The van der Waals surface area contributed by atoms with E-state index in [0.717, 1.165) is 33.7 Å². The highest BCUT2D eigenvalue weighted by molar-refractivity contribution is 8.27. The Balaban J connectivity index is 1.24. The molecule has 0 aliphatic carbocycles. The molecule has 0 radical (unpaired) electrons. The summed E-state index contributed by atoms with van der Waals surface area (Å²) in [5.41, 5.74) is 5.52. The Labute approximate surface area is 242 Å². The van der Waals surface area contributed by atoms with E-state index in [4.69, 9.17) is 14.9 Å². The molecule has 1 N–H and O–H groups in total. The number of nitrogens with one attached hydrogen (secondary N) is 1. The van der Waals surface area contributed by atoms with Crippen LogP contribution in [-0.2, 0) is 11.3 Å². The SMILES string of the molecule is Cc1ccc(OCCn2c(C)c(/C=C3/C(=N)N4N=C(COc5ccccc5)SC4=NC3=O)c3ccccc32)cc1C. The van der Waals surface area contributed by atoms with Gasteiger partial charge in [0.05, 0.1) is 12.1 Å². The van der Waals surface area contributed by atoms with E-state index >= 15 is 0 Å². The number of benzene rings is 3. The van der Waals surface area contributed by atoms with Crippen LogP contribution >= 0.6 is 11.8 Å². The number of ether oxygens (including phenoxy) is 2. The number of para-hydroxylation sites is 2. The van der Waals surface area contributed by atoms with E-state index < -0.39 is 5.91 Å². The predicted octanol–water partition coefficient (Wildman–Crippen LogP) is 6.34. The highest BCUT2D eigenvalue weighted by Crippen LogP contribution is 2.32. The topological polar surface area (TPSA) is 92.3 Å². The molecule has 8 nitrogen and oxygen atoms in total. The molecule has 2 aliphatic rings. The van der Waals surface area contributed by atoms with Gasteiger partial charge < -0.3 is 14.0 Å². The Morgan fingerprint density at radius 3 is 2.51 bits per heavy atom. The quantitative estimate of drug-likeness (QED) is 0.253. The molecule has 2 aliphatic heterocycles. The molecule has 0 fully saturated rings. The summed E-state index contributed by atoms with van der Waals surface area (Å²) < 4.78 is 14.1. The van der Waals surface area contributed by atoms with Crippen molar-refractivity contribution in [1.82, 2.24) is 9.58 Å². The Kier molecular flexibility index (Phi) is 7.19. The first-order valence-corrected chi connectivity index (χ1v) is 14.2. The Morgan fingerprint density at radius 2 is 1.71 bits per heavy atom. The standard InChI is InChI=1S/C32H29N5O3S/c1-20-13-14-24(17-21(20)2)39-16-15-36-22(3)26(25-11-7-8-12-28(25)36)18-27-30(33)37-32(34-31(27)38)41-29(35-37)19-40-23-9-5-4-6-10-23/h4-14,17-18,33H,15-16,19H2,1-3H3/b27-18-,33-30?. The molecule has 0 saturated carbocycles. The van der Waals surface area contributed by atoms with Gasteiger partial charge in [-0.15, -0.1) is 0 Å². The number of carbonyl (C=O) groups is 1. The van der Waals surface area contributed by atoms with Crippen molar-refractivity contribution in [3.05, 3.63) is 101 Å². The van der Waals surface area contributed by atoms with Crippen LogP contribution < -0.4 is 9.47 Å². The van der Waals surface area contributed by atoms with Gasteiger partial charge in [-0.05, 0) is 80.1 Å². The van der Waals surface area contributed by atoms with Crippen molar-refractivity contribution >= 4 is 50.7 Å². The lowest BCUT2D eigenvalue weighted by Gasteiger charge is -2.20. The van der Waals surface area contributed by atoms with Crippen molar-refractivity contribution in [2.75, 3.05) is 13.2 Å². The maximum Gasteiger partial charge on any atom is 0.283 e. The van der Waals surface area contributed by atoms with Crippen LogP contribution in [0.15, 0.2) is 88.5 Å². The lowest BCUT2D eigenvalue weighted by molar-refractivity contribution is -0.114. The van der Waals surface area contributed by atoms with Crippen LogP contribution in [0.25, 0.3) is 17.0 Å². The fraction of sp³-hybridized carbons (Fsp3) is 0.188. The minimum atomic E-state index is -0.455. The maximum atomic E-state index is 13.1. The van der Waals surface area contributed by atoms with Gasteiger partial charge in [-0.1, -0.05) is 42.5 Å². The van der Waals surface area contributed by atoms with Crippen LogP contribution in [0.3, 0.4) is 0 Å². The summed E-state index contributed by atoms with van der Waals surface area (Å²) in [7, 11) is 0. The summed E-state index contributed by atoms with van der Waals surface area (Å²) in [6, 6.07) is 23.6. The second-order valence-corrected chi connectivity index (χ2v) is 10.9. The van der Waals surface area contributed by atoms with E-state index in [0.29, 0.717) is 23.4 Å². The molecule has 0 saturated heterocycles. The minimum absolute atomic E-state index is 0.00323. The van der Waals surface area contributed by atoms with Crippen LogP contribution in [0.5, 0.6) is 11.5 Å². The van der Waals surface area contributed by atoms with Crippen molar-refractivity contribution in [2.45, 2.75) is 27.3 Å². The van der Waals surface area contributed by atoms with Gasteiger partial charge in [-0.3, -0.25) is 10.2 Å². The summed E-state index contributed by atoms with van der Waals surface area (Å²) in [5.74, 6) is 1.11. The zero-order valence-corrected chi connectivity index (χ0v) is 23.9. The number of thioether (sulfide) groups is 1. The normalized spacial score (nSPS) is 15.8. The molecule has 0 unspecified atom stereocenters. The van der Waals surface area contributed by atoms with E-state index in [-0.39, 0.29) is 18.0 Å². The minimum Gasteiger partial charge on any atom is -0.492 e. The third kappa shape index (κ3) is 5.28. The third-order valence-corrected chi connectivity index (χ3v) is 8.11. The number of carbonyl (C=O) groups excluding carboxylic acids is 1. The van der Waals surface area contributed by atoms with E-state index in [1.165, 1.54) is 27.9 Å². The van der Waals surface area contributed by atoms with Crippen molar-refractivity contribution in [1.29, 1.82) is 5.41 Å². The molecule has 41 heavy (non-hydrogen) atoms. The third-order valence-electron chi connectivity index (χ3n) is 7.23. The first kappa shape index (κ1) is 26.6. The van der Waals surface area contributed by atoms with E-state index in [9.17, 15) is 4.79 Å². The molecule has 3 aromatic carbocycles. The Hall–Kier alpha value is -4.63. The van der Waals surface area contributed by atoms with Crippen LogP contribution in [0, 0.1) is 26.2 Å². The molecule has 3 heterocycles. The van der Waals surface area contributed by atoms with E-state index in [1.54, 1.807) is 6.08 Å². The number of hydrogen-bond acceptors (Lipinski definition) is 6. The number of aromatic nitrogens is 1. The fourth-order valence-corrected chi connectivity index (χ4v) is 5.68. The van der Waals surface area contributed by atoms with Crippen LogP contribution in [0.2, 0.25) is 0 Å². The average molecular weight is 564 g/mol. The molecular weight excluding hydrogens is 534 g/mol. The molecule has 4 aromatic rings. The predicted molar refractivity (Wildman–Crippen MR) is 165 cm³/mol. The molecule has 6 rings (SSSR count). The second kappa shape index (κ2) is 11.1. The lowest BCUT2D eigenvalue weighted by Crippen LogP contribution is -2.35. The van der Waals surface area contributed by atoms with Crippen LogP contribution in [0.1, 0.15) is 22.4 Å². The summed E-state index contributed by atoms with van der Waals surface area (Å²) in [6.07, 6.45) is 1.77. The second-order valence-electron chi connectivity index (χ2n) is 9.88. The van der Waals surface area contributed by atoms with Gasteiger partial charge in [0.1, 0.15) is 29.8 Å². The number of rotatable bonds is 8. The van der Waals surface area contributed by atoms with Crippen molar-refractivity contribution in [2.24, 2.45) is 10.1 Å². The summed E-state index contributed by atoms with van der Waals surface area (Å²) in [5, 5.41) is 16.8. The van der Waals surface area contributed by atoms with E-state index in [1.807, 2.05) is 61.5 Å². The highest BCUT2D eigenvalue weighted by Gasteiger charge is 2.36. The van der Waals surface area contributed by atoms with Gasteiger partial charge in [0, 0.05) is 22.2 Å². The van der Waals surface area contributed by atoms with Gasteiger partial charge in [0.2, 0.25) is 5.17 Å². The van der Waals surface area contributed by atoms with Gasteiger partial charge in [-0.2, -0.15) is 15.1 Å². The molecule has 0 bridgehead atoms. The monoisotopic (exact) mass is 563 g/mol. The number of hydrogen-bond donors (Lipinski definition) is 1. The van der Waals surface area contributed by atoms with Crippen LogP contribution in [0.4, 0.5) is 0 Å². The molecule has 1 aromatic heterocycles. The van der Waals surface area contributed by atoms with Gasteiger partial charge in [0.15, 0.2) is 5.84 Å².